The molecule has 0 aliphatic heterocycles. The average molecular weight is 423 g/mol. The fourth-order valence-corrected chi connectivity index (χ4v) is 4.63. The minimum atomic E-state index is -3.79. The normalized spacial score (nSPS) is 12.9. The van der Waals surface area contributed by atoms with Crippen LogP contribution in [0.1, 0.15) is 29.8 Å². The maximum Gasteiger partial charge on any atom is 0.336 e. The van der Waals surface area contributed by atoms with Gasteiger partial charge in [0.1, 0.15) is 5.58 Å². The number of hydrogen-bond donors (Lipinski definition) is 1. The molecule has 0 aliphatic carbocycles. The second-order valence-electron chi connectivity index (χ2n) is 7.23. The Morgan fingerprint density at radius 3 is 2.50 bits per heavy atom. The van der Waals surface area contributed by atoms with Gasteiger partial charge in [-0.3, -0.25) is 0 Å². The lowest BCUT2D eigenvalue weighted by atomic mass is 10.1. The predicted molar refractivity (Wildman–Crippen MR) is 114 cm³/mol. The molecule has 30 heavy (non-hydrogen) atoms. The van der Waals surface area contributed by atoms with Crippen molar-refractivity contribution in [3.05, 3.63) is 88.0 Å². The number of sulfonamides is 1. The Hall–Kier alpha value is -3.23. The molecule has 1 atom stereocenters. The molecule has 1 unspecified atom stereocenters. The van der Waals surface area contributed by atoms with Crippen LogP contribution in [0.15, 0.2) is 74.9 Å². The van der Waals surface area contributed by atoms with E-state index in [4.69, 9.17) is 4.42 Å². The van der Waals surface area contributed by atoms with Crippen molar-refractivity contribution in [2.75, 3.05) is 0 Å². The molecule has 0 bridgehead atoms. The van der Waals surface area contributed by atoms with Gasteiger partial charge < -0.3 is 4.42 Å². The highest BCUT2D eigenvalue weighted by Crippen LogP contribution is 2.24. The highest BCUT2D eigenvalue weighted by Gasteiger charge is 2.22. The largest absolute Gasteiger partial charge is 0.423 e. The van der Waals surface area contributed by atoms with Crippen molar-refractivity contribution in [1.29, 1.82) is 0 Å². The van der Waals surface area contributed by atoms with Crippen LogP contribution in [0.2, 0.25) is 0 Å². The number of aromatic nitrogens is 2. The van der Waals surface area contributed by atoms with Crippen molar-refractivity contribution < 1.29 is 12.8 Å². The maximum absolute atomic E-state index is 12.9. The molecule has 0 amide bonds. The van der Waals surface area contributed by atoms with Crippen molar-refractivity contribution in [2.45, 2.75) is 31.7 Å². The molecule has 4 aromatic rings. The van der Waals surface area contributed by atoms with Gasteiger partial charge in [0.2, 0.25) is 10.0 Å². The predicted octanol–water partition coefficient (Wildman–Crippen LogP) is 3.64. The van der Waals surface area contributed by atoms with E-state index in [1.807, 2.05) is 38.1 Å². The third-order valence-corrected chi connectivity index (χ3v) is 6.56. The van der Waals surface area contributed by atoms with E-state index in [1.54, 1.807) is 23.9 Å². The monoisotopic (exact) mass is 423 g/mol. The summed E-state index contributed by atoms with van der Waals surface area (Å²) in [5, 5.41) is 4.96. The maximum atomic E-state index is 12.9. The van der Waals surface area contributed by atoms with Crippen LogP contribution in [-0.4, -0.2) is 18.2 Å². The topological polar surface area (TPSA) is 94.2 Å². The van der Waals surface area contributed by atoms with Crippen LogP contribution < -0.4 is 10.3 Å². The van der Waals surface area contributed by atoms with Gasteiger partial charge in [0, 0.05) is 28.8 Å². The second kappa shape index (κ2) is 7.55. The molecule has 8 heteroatoms. The van der Waals surface area contributed by atoms with Gasteiger partial charge in [-0.25, -0.2) is 22.6 Å². The zero-order chi connectivity index (χ0) is 21.5. The zero-order valence-electron chi connectivity index (χ0n) is 16.8. The highest BCUT2D eigenvalue weighted by atomic mass is 32.2. The minimum Gasteiger partial charge on any atom is -0.423 e. The number of fused-ring (bicyclic) bond motifs is 1. The smallest absolute Gasteiger partial charge is 0.336 e. The van der Waals surface area contributed by atoms with Crippen molar-refractivity contribution in [2.24, 2.45) is 0 Å². The number of nitrogens with one attached hydrogen (secondary N) is 1. The van der Waals surface area contributed by atoms with Gasteiger partial charge in [-0.05, 0) is 57.2 Å². The molecular formula is C22H21N3O4S. The summed E-state index contributed by atoms with van der Waals surface area (Å²) in [7, 11) is -3.79. The van der Waals surface area contributed by atoms with E-state index >= 15 is 0 Å². The lowest BCUT2D eigenvalue weighted by Crippen LogP contribution is -2.27. The van der Waals surface area contributed by atoms with Crippen molar-refractivity contribution in [3.63, 3.8) is 0 Å². The molecule has 0 radical (unpaired) electrons. The molecule has 0 aliphatic rings. The Balaban J connectivity index is 1.61. The van der Waals surface area contributed by atoms with Gasteiger partial charge in [-0.1, -0.05) is 17.7 Å². The first-order chi connectivity index (χ1) is 14.2. The van der Waals surface area contributed by atoms with E-state index in [-0.39, 0.29) is 4.90 Å². The van der Waals surface area contributed by atoms with Gasteiger partial charge in [0.15, 0.2) is 0 Å². The summed E-state index contributed by atoms with van der Waals surface area (Å²) in [5.41, 5.74) is 3.56. The van der Waals surface area contributed by atoms with Gasteiger partial charge in [-0.15, -0.1) is 0 Å². The second-order valence-corrected chi connectivity index (χ2v) is 8.94. The van der Waals surface area contributed by atoms with Crippen LogP contribution in [0.4, 0.5) is 0 Å². The lowest BCUT2D eigenvalue weighted by Gasteiger charge is -2.15. The Morgan fingerprint density at radius 2 is 1.77 bits per heavy atom. The molecular weight excluding hydrogens is 402 g/mol. The molecule has 0 saturated heterocycles. The van der Waals surface area contributed by atoms with Crippen LogP contribution in [0.3, 0.4) is 0 Å². The first kappa shape index (κ1) is 20.1. The number of nitrogens with zero attached hydrogens (tertiary/aromatic N) is 2. The van der Waals surface area contributed by atoms with E-state index < -0.39 is 21.7 Å². The SMILES string of the molecule is Cc1ccc(-n2ncc(C(C)NS(=O)(=O)c3ccc4oc(=O)ccc4c3)c2C)cc1. The highest BCUT2D eigenvalue weighted by molar-refractivity contribution is 7.89. The minimum absolute atomic E-state index is 0.0966. The first-order valence-corrected chi connectivity index (χ1v) is 10.9. The molecule has 1 N–H and O–H groups in total. The number of aryl methyl sites for hydroxylation is 1. The summed E-state index contributed by atoms with van der Waals surface area (Å²) in [5.74, 6) is 0. The van der Waals surface area contributed by atoms with Crippen LogP contribution in [0, 0.1) is 13.8 Å². The molecule has 2 aromatic heterocycles. The molecule has 154 valence electrons. The molecule has 7 nitrogen and oxygen atoms in total. The number of rotatable bonds is 5. The van der Waals surface area contributed by atoms with Crippen molar-refractivity contribution in [1.82, 2.24) is 14.5 Å². The molecule has 0 saturated carbocycles. The van der Waals surface area contributed by atoms with E-state index in [0.29, 0.717) is 11.0 Å². The lowest BCUT2D eigenvalue weighted by molar-refractivity contribution is 0.559. The summed E-state index contributed by atoms with van der Waals surface area (Å²) in [6.07, 6.45) is 1.68. The summed E-state index contributed by atoms with van der Waals surface area (Å²) in [6, 6.07) is 14.7. The fourth-order valence-electron chi connectivity index (χ4n) is 3.38. The van der Waals surface area contributed by atoms with E-state index in [1.165, 1.54) is 24.3 Å². The van der Waals surface area contributed by atoms with E-state index in [2.05, 4.69) is 9.82 Å². The van der Waals surface area contributed by atoms with Crippen LogP contribution >= 0.6 is 0 Å². The number of benzene rings is 2. The van der Waals surface area contributed by atoms with Crippen molar-refractivity contribution in [3.8, 4) is 5.69 Å². The van der Waals surface area contributed by atoms with Crippen LogP contribution in [-0.2, 0) is 10.0 Å². The van der Waals surface area contributed by atoms with Crippen LogP contribution in [0.5, 0.6) is 0 Å². The third-order valence-electron chi connectivity index (χ3n) is 5.03. The fraction of sp³-hybridized carbons (Fsp3) is 0.182. The third kappa shape index (κ3) is 3.79. The van der Waals surface area contributed by atoms with Gasteiger partial charge >= 0.3 is 5.63 Å². The molecule has 2 aromatic carbocycles. The molecule has 4 rings (SSSR count). The summed E-state index contributed by atoms with van der Waals surface area (Å²) >= 11 is 0. The van der Waals surface area contributed by atoms with E-state index in [9.17, 15) is 13.2 Å². The van der Waals surface area contributed by atoms with Gasteiger partial charge in [-0.2, -0.15) is 5.10 Å². The molecule has 0 spiro atoms. The van der Waals surface area contributed by atoms with Crippen molar-refractivity contribution >= 4 is 21.0 Å². The Labute approximate surface area is 174 Å². The van der Waals surface area contributed by atoms with E-state index in [0.717, 1.165) is 22.5 Å². The molecule has 0 fully saturated rings. The first-order valence-electron chi connectivity index (χ1n) is 9.42. The summed E-state index contributed by atoms with van der Waals surface area (Å²) in [4.78, 5) is 11.4. The summed E-state index contributed by atoms with van der Waals surface area (Å²) < 4.78 is 35.4. The molecule has 2 heterocycles. The van der Waals surface area contributed by atoms with Crippen LogP contribution in [0.25, 0.3) is 16.7 Å². The Morgan fingerprint density at radius 1 is 1.03 bits per heavy atom. The Kier molecular flexibility index (Phi) is 5.05. The van der Waals surface area contributed by atoms with Gasteiger partial charge in [0.05, 0.1) is 16.8 Å². The number of hydrogen-bond acceptors (Lipinski definition) is 5. The standard InChI is InChI=1S/C22H21N3O4S/c1-14-4-7-18(8-5-14)25-16(3)20(13-23-25)15(2)24-30(27,28)19-9-10-21-17(12-19)6-11-22(26)29-21/h4-13,15,24H,1-3H3. The quantitative estimate of drug-likeness (QED) is 0.495. The Bertz CT molecular complexity index is 1390. The van der Waals surface area contributed by atoms with Gasteiger partial charge in [0.25, 0.3) is 0 Å². The summed E-state index contributed by atoms with van der Waals surface area (Å²) in [6.45, 7) is 5.70. The zero-order valence-corrected chi connectivity index (χ0v) is 17.6. The average Bonchev–Trinajstić information content (AvgIpc) is 3.09.